The molecule has 4 aromatic carbocycles. The Labute approximate surface area is 243 Å². The summed E-state index contributed by atoms with van der Waals surface area (Å²) < 4.78 is 4.72. The summed E-state index contributed by atoms with van der Waals surface area (Å²) in [5, 5.41) is 4.97. The quantitative estimate of drug-likeness (QED) is 0.218. The number of aromatic nitrogens is 6. The summed E-state index contributed by atoms with van der Waals surface area (Å²) in [5.74, 6) is 0. The van der Waals surface area contributed by atoms with Crippen molar-refractivity contribution >= 4 is 43.6 Å². The Bertz CT molecular complexity index is 2130. The van der Waals surface area contributed by atoms with Gasteiger partial charge in [0.1, 0.15) is 12.7 Å². The van der Waals surface area contributed by atoms with Crippen LogP contribution in [0.25, 0.3) is 77.5 Å². The molecule has 0 aliphatic carbocycles. The van der Waals surface area contributed by atoms with Crippen molar-refractivity contribution < 1.29 is 0 Å². The number of hydrogen-bond donors (Lipinski definition) is 0. The van der Waals surface area contributed by atoms with E-state index in [4.69, 9.17) is 0 Å². The zero-order valence-corrected chi connectivity index (χ0v) is 23.5. The Kier molecular flexibility index (Phi) is 5.60. The fourth-order valence-corrected chi connectivity index (χ4v) is 6.42. The minimum absolute atomic E-state index is 0.767. The Morgan fingerprint density at radius 2 is 0.833 bits per heavy atom. The van der Waals surface area contributed by atoms with Crippen LogP contribution in [0.3, 0.4) is 0 Å². The molecule has 0 spiro atoms. The van der Waals surface area contributed by atoms with Crippen LogP contribution in [0.4, 0.5) is 0 Å². The van der Waals surface area contributed by atoms with Crippen molar-refractivity contribution in [2.75, 3.05) is 0 Å². The molecule has 8 aromatic rings. The predicted octanol–water partition coefficient (Wildman–Crippen LogP) is 8.52. The maximum Gasteiger partial charge on any atom is 0.116 e. The second-order valence-corrected chi connectivity index (χ2v) is 10.6. The summed E-state index contributed by atoms with van der Waals surface area (Å²) in [6.45, 7) is 6.22. The molecule has 0 amide bonds. The van der Waals surface area contributed by atoms with E-state index in [0.29, 0.717) is 0 Å². The van der Waals surface area contributed by atoms with Crippen LogP contribution in [0, 0.1) is 0 Å². The van der Waals surface area contributed by atoms with Crippen molar-refractivity contribution in [3.63, 3.8) is 0 Å². The second kappa shape index (κ2) is 9.63. The van der Waals surface area contributed by atoms with Crippen LogP contribution >= 0.6 is 0 Å². The van der Waals surface area contributed by atoms with E-state index < -0.39 is 0 Å². The molecule has 0 atom stereocenters. The highest BCUT2D eigenvalue weighted by Gasteiger charge is 2.14. The number of fused-ring (bicyclic) bond motifs is 6. The van der Waals surface area contributed by atoms with Gasteiger partial charge in [-0.3, -0.25) is 0 Å². The first kappa shape index (κ1) is 24.4. The summed E-state index contributed by atoms with van der Waals surface area (Å²) >= 11 is 0. The molecule has 0 saturated carbocycles. The fourth-order valence-electron chi connectivity index (χ4n) is 6.42. The third-order valence-corrected chi connectivity index (χ3v) is 8.37. The smallest absolute Gasteiger partial charge is 0.116 e. The highest BCUT2D eigenvalue weighted by atomic mass is 15.0. The van der Waals surface area contributed by atoms with Crippen LogP contribution < -0.4 is 0 Å². The third kappa shape index (κ3) is 3.72. The van der Waals surface area contributed by atoms with Crippen molar-refractivity contribution in [2.24, 2.45) is 0 Å². The first-order valence-electron chi connectivity index (χ1n) is 14.4. The molecule has 0 bridgehead atoms. The van der Waals surface area contributed by atoms with Gasteiger partial charge >= 0.3 is 0 Å². The maximum atomic E-state index is 4.64. The lowest BCUT2D eigenvalue weighted by Crippen LogP contribution is -1.95. The Balaban J connectivity index is 1.20. The zero-order valence-electron chi connectivity index (χ0n) is 23.5. The van der Waals surface area contributed by atoms with Crippen LogP contribution in [0.1, 0.15) is 13.8 Å². The largest absolute Gasteiger partial charge is 0.341 e. The lowest BCUT2D eigenvalue weighted by atomic mass is 10.0. The SMILES string of the molecule is CCn1c2ccccc2c2cc(-c3cc(-c4cc(-c5ccc6c(c5)c5ccccc5n6CC)ncn4)ncn3)ccc21. The molecular weight excluding hydrogens is 516 g/mol. The van der Waals surface area contributed by atoms with Gasteiger partial charge in [-0.25, -0.2) is 19.9 Å². The predicted molar refractivity (Wildman–Crippen MR) is 171 cm³/mol. The van der Waals surface area contributed by atoms with Crippen molar-refractivity contribution in [3.8, 4) is 33.9 Å². The molecule has 0 fully saturated rings. The van der Waals surface area contributed by atoms with Crippen LogP contribution in [0.15, 0.2) is 110 Å². The lowest BCUT2D eigenvalue weighted by Gasteiger charge is -2.07. The van der Waals surface area contributed by atoms with Gasteiger partial charge < -0.3 is 9.13 Å². The molecular formula is C36H28N6. The fraction of sp³-hybridized carbons (Fsp3) is 0.111. The molecule has 4 heterocycles. The number of para-hydroxylation sites is 2. The molecule has 4 aromatic heterocycles. The highest BCUT2D eigenvalue weighted by molar-refractivity contribution is 6.10. The van der Waals surface area contributed by atoms with Crippen LogP contribution in [0.2, 0.25) is 0 Å². The van der Waals surface area contributed by atoms with Gasteiger partial charge in [-0.2, -0.15) is 0 Å². The molecule has 8 rings (SSSR count). The average Bonchev–Trinajstić information content (AvgIpc) is 3.56. The van der Waals surface area contributed by atoms with E-state index >= 15 is 0 Å². The number of nitrogens with zero attached hydrogens (tertiary/aromatic N) is 6. The lowest BCUT2D eigenvalue weighted by molar-refractivity contribution is 0.827. The van der Waals surface area contributed by atoms with E-state index in [0.717, 1.165) is 47.0 Å². The van der Waals surface area contributed by atoms with Crippen LogP contribution in [0.5, 0.6) is 0 Å². The van der Waals surface area contributed by atoms with Gasteiger partial charge in [0.25, 0.3) is 0 Å². The van der Waals surface area contributed by atoms with Crippen molar-refractivity contribution in [1.29, 1.82) is 0 Å². The number of benzene rings is 4. The molecule has 0 saturated heterocycles. The molecule has 0 aliphatic heterocycles. The number of rotatable bonds is 5. The summed E-state index contributed by atoms with van der Waals surface area (Å²) in [6, 6.07) is 34.4. The Morgan fingerprint density at radius 1 is 0.429 bits per heavy atom. The van der Waals surface area contributed by atoms with E-state index in [9.17, 15) is 0 Å². The van der Waals surface area contributed by atoms with Gasteiger partial charge in [0.05, 0.1) is 22.8 Å². The van der Waals surface area contributed by atoms with Crippen LogP contribution in [-0.4, -0.2) is 29.1 Å². The molecule has 202 valence electrons. The van der Waals surface area contributed by atoms with Gasteiger partial charge in [-0.15, -0.1) is 0 Å². The summed E-state index contributed by atoms with van der Waals surface area (Å²) in [4.78, 5) is 18.5. The molecule has 6 nitrogen and oxygen atoms in total. The molecule has 0 radical (unpaired) electrons. The molecule has 0 unspecified atom stereocenters. The van der Waals surface area contributed by atoms with E-state index in [2.05, 4.69) is 128 Å². The monoisotopic (exact) mass is 544 g/mol. The van der Waals surface area contributed by atoms with E-state index in [1.54, 1.807) is 12.7 Å². The standard InChI is InChI=1S/C36H28N6/c1-3-41-33-11-7-5-9-25(33)27-17-23(13-15-35(27)41)29-19-31(39-21-37-29)32-20-30(38-22-40-32)24-14-16-36-28(18-24)26-10-6-8-12-34(26)42(36)4-2/h5-22H,3-4H2,1-2H3. The summed E-state index contributed by atoms with van der Waals surface area (Å²) in [6.07, 6.45) is 3.25. The van der Waals surface area contributed by atoms with E-state index in [-0.39, 0.29) is 0 Å². The topological polar surface area (TPSA) is 61.4 Å². The molecule has 42 heavy (non-hydrogen) atoms. The van der Waals surface area contributed by atoms with Crippen molar-refractivity contribution in [3.05, 3.63) is 110 Å². The first-order valence-corrected chi connectivity index (χ1v) is 14.4. The maximum absolute atomic E-state index is 4.64. The summed E-state index contributed by atoms with van der Waals surface area (Å²) in [7, 11) is 0. The van der Waals surface area contributed by atoms with Crippen molar-refractivity contribution in [2.45, 2.75) is 26.9 Å². The minimum Gasteiger partial charge on any atom is -0.341 e. The number of aryl methyl sites for hydroxylation is 2. The third-order valence-electron chi connectivity index (χ3n) is 8.37. The van der Waals surface area contributed by atoms with Crippen molar-refractivity contribution in [1.82, 2.24) is 29.1 Å². The second-order valence-electron chi connectivity index (χ2n) is 10.6. The Hall–Kier alpha value is -5.36. The minimum atomic E-state index is 0.767. The van der Waals surface area contributed by atoms with Gasteiger partial charge in [-0.1, -0.05) is 48.5 Å². The van der Waals surface area contributed by atoms with E-state index in [1.165, 1.54) is 43.6 Å². The number of hydrogen-bond acceptors (Lipinski definition) is 4. The first-order chi connectivity index (χ1) is 20.7. The molecule has 0 aliphatic rings. The van der Waals surface area contributed by atoms with Gasteiger partial charge in [0, 0.05) is 67.8 Å². The summed E-state index contributed by atoms with van der Waals surface area (Å²) in [5.41, 5.74) is 10.3. The van der Waals surface area contributed by atoms with E-state index in [1.807, 2.05) is 12.1 Å². The normalized spacial score (nSPS) is 11.8. The average molecular weight is 545 g/mol. The van der Waals surface area contributed by atoms with Gasteiger partial charge in [0.2, 0.25) is 0 Å². The van der Waals surface area contributed by atoms with Gasteiger partial charge in [0.15, 0.2) is 0 Å². The molecule has 0 N–H and O–H groups in total. The van der Waals surface area contributed by atoms with Crippen LogP contribution in [-0.2, 0) is 13.1 Å². The zero-order chi connectivity index (χ0) is 28.2. The highest BCUT2D eigenvalue weighted by Crippen LogP contribution is 2.34. The Morgan fingerprint density at radius 3 is 1.29 bits per heavy atom. The van der Waals surface area contributed by atoms with Gasteiger partial charge in [-0.05, 0) is 62.4 Å². The molecule has 6 heteroatoms.